The quantitative estimate of drug-likeness (QED) is 0.712. The van der Waals surface area contributed by atoms with Crippen LogP contribution >= 0.6 is 34.5 Å². The normalized spacial score (nSPS) is 10.9. The highest BCUT2D eigenvalue weighted by Crippen LogP contribution is 2.43. The van der Waals surface area contributed by atoms with Gasteiger partial charge in [0.15, 0.2) is 0 Å². The Hall–Kier alpha value is -1.56. The van der Waals surface area contributed by atoms with Crippen LogP contribution in [-0.2, 0) is 0 Å². The van der Waals surface area contributed by atoms with E-state index in [-0.39, 0.29) is 16.5 Å². The smallest absolute Gasteiger partial charge is 0.230 e. The lowest BCUT2D eigenvalue weighted by molar-refractivity contribution is 0.439. The molecule has 2 aromatic heterocycles. The third kappa shape index (κ3) is 2.18. The highest BCUT2D eigenvalue weighted by Gasteiger charge is 2.23. The Bertz CT molecular complexity index is 764. The number of hydrogen-bond donors (Lipinski definition) is 1. The zero-order chi connectivity index (χ0) is 14.3. The fourth-order valence-electron chi connectivity index (χ4n) is 1.89. The van der Waals surface area contributed by atoms with Crippen molar-refractivity contribution >= 4 is 40.4 Å². The minimum absolute atomic E-state index is 0.0107. The van der Waals surface area contributed by atoms with Gasteiger partial charge in [-0.25, -0.2) is 4.39 Å². The summed E-state index contributed by atoms with van der Waals surface area (Å²) >= 11 is 13.3. The van der Waals surface area contributed by atoms with Gasteiger partial charge in [-0.3, -0.25) is 0 Å². The van der Waals surface area contributed by atoms with Crippen LogP contribution in [0.5, 0.6) is 0 Å². The van der Waals surface area contributed by atoms with Gasteiger partial charge >= 0.3 is 0 Å². The van der Waals surface area contributed by atoms with E-state index in [4.69, 9.17) is 33.5 Å². The summed E-state index contributed by atoms with van der Waals surface area (Å²) in [7, 11) is 0. The van der Waals surface area contributed by atoms with Gasteiger partial charge in [-0.15, -0.1) is 11.3 Å². The number of aromatic nitrogens is 1. The second-order valence-corrected chi connectivity index (χ2v) is 6.09. The van der Waals surface area contributed by atoms with E-state index in [1.54, 1.807) is 18.2 Å². The lowest BCUT2D eigenvalue weighted by atomic mass is 10.0. The first-order valence-corrected chi connectivity index (χ1v) is 7.10. The van der Waals surface area contributed by atoms with Gasteiger partial charge in [-0.2, -0.15) is 0 Å². The number of benzene rings is 1. The molecule has 0 saturated carbocycles. The Balaban J connectivity index is 2.27. The Morgan fingerprint density at radius 1 is 1.15 bits per heavy atom. The molecule has 0 unspecified atom stereocenters. The molecule has 0 spiro atoms. The van der Waals surface area contributed by atoms with Crippen LogP contribution in [0, 0.1) is 5.82 Å². The summed E-state index contributed by atoms with van der Waals surface area (Å²) in [5, 5.41) is 4.12. The van der Waals surface area contributed by atoms with Crippen LogP contribution in [0.4, 0.5) is 10.3 Å². The monoisotopic (exact) mass is 328 g/mol. The van der Waals surface area contributed by atoms with Crippen molar-refractivity contribution in [3.05, 3.63) is 45.5 Å². The number of nitrogens with zero attached hydrogens (tertiary/aromatic N) is 1. The number of hydrogen-bond acceptors (Lipinski definition) is 4. The molecule has 0 atom stereocenters. The summed E-state index contributed by atoms with van der Waals surface area (Å²) < 4.78 is 19.6. The SMILES string of the molecule is Nc1onc(-c2ccc(Cl)s2)c1-c1c(F)cccc1Cl. The third-order valence-electron chi connectivity index (χ3n) is 2.74. The molecular weight excluding hydrogens is 322 g/mol. The highest BCUT2D eigenvalue weighted by molar-refractivity contribution is 7.19. The predicted molar refractivity (Wildman–Crippen MR) is 79.6 cm³/mol. The highest BCUT2D eigenvalue weighted by atomic mass is 35.5. The Morgan fingerprint density at radius 2 is 1.95 bits per heavy atom. The summed E-state index contributed by atoms with van der Waals surface area (Å²) in [6, 6.07) is 7.89. The summed E-state index contributed by atoms with van der Waals surface area (Å²) in [5.74, 6) is -0.479. The Kier molecular flexibility index (Phi) is 3.41. The van der Waals surface area contributed by atoms with Gasteiger partial charge in [0.05, 0.1) is 19.8 Å². The van der Waals surface area contributed by atoms with Gasteiger partial charge < -0.3 is 10.3 Å². The average Bonchev–Trinajstić information content (AvgIpc) is 2.97. The molecule has 102 valence electrons. The van der Waals surface area contributed by atoms with Crippen LogP contribution in [0.2, 0.25) is 9.36 Å². The van der Waals surface area contributed by atoms with E-state index in [1.807, 2.05) is 0 Å². The molecule has 0 radical (unpaired) electrons. The second kappa shape index (κ2) is 5.09. The van der Waals surface area contributed by atoms with Crippen LogP contribution in [0.15, 0.2) is 34.9 Å². The number of thiophene rings is 1. The fourth-order valence-corrected chi connectivity index (χ4v) is 3.18. The molecule has 0 aliphatic heterocycles. The Morgan fingerprint density at radius 3 is 2.60 bits per heavy atom. The van der Waals surface area contributed by atoms with Gasteiger partial charge in [-0.1, -0.05) is 34.4 Å². The second-order valence-electron chi connectivity index (χ2n) is 3.97. The molecule has 0 fully saturated rings. The van der Waals surface area contributed by atoms with Crippen LogP contribution in [0.25, 0.3) is 21.7 Å². The third-order valence-corrected chi connectivity index (χ3v) is 4.29. The van der Waals surface area contributed by atoms with Crippen LogP contribution in [0.1, 0.15) is 0 Å². The summed E-state index contributed by atoms with van der Waals surface area (Å²) in [6.45, 7) is 0. The van der Waals surface area contributed by atoms with E-state index in [9.17, 15) is 4.39 Å². The molecule has 3 rings (SSSR count). The molecule has 0 bridgehead atoms. The van der Waals surface area contributed by atoms with E-state index in [0.29, 0.717) is 15.6 Å². The lowest BCUT2D eigenvalue weighted by Gasteiger charge is -2.05. The van der Waals surface area contributed by atoms with Gasteiger partial charge in [0.1, 0.15) is 11.5 Å². The molecule has 3 aromatic rings. The van der Waals surface area contributed by atoms with E-state index in [0.717, 1.165) is 4.88 Å². The number of anilines is 1. The summed E-state index contributed by atoms with van der Waals surface area (Å²) in [4.78, 5) is 0.727. The molecule has 2 heterocycles. The zero-order valence-electron chi connectivity index (χ0n) is 9.86. The topological polar surface area (TPSA) is 52.0 Å². The van der Waals surface area contributed by atoms with E-state index >= 15 is 0 Å². The zero-order valence-corrected chi connectivity index (χ0v) is 12.2. The van der Waals surface area contributed by atoms with Gasteiger partial charge in [0, 0.05) is 5.56 Å². The molecule has 20 heavy (non-hydrogen) atoms. The van der Waals surface area contributed by atoms with Crippen molar-refractivity contribution < 1.29 is 8.91 Å². The summed E-state index contributed by atoms with van der Waals surface area (Å²) in [5.41, 5.74) is 6.71. The van der Waals surface area contributed by atoms with Crippen LogP contribution in [0.3, 0.4) is 0 Å². The standard InChI is InChI=1S/C13H7Cl2FN2OS/c14-6-2-1-3-7(16)10(6)11-12(18-19-13(11)17)8-4-5-9(15)20-8/h1-5H,17H2. The molecule has 7 heteroatoms. The van der Waals surface area contributed by atoms with Crippen molar-refractivity contribution in [2.45, 2.75) is 0 Å². The van der Waals surface area contributed by atoms with Crippen LogP contribution in [-0.4, -0.2) is 5.16 Å². The van der Waals surface area contributed by atoms with Crippen molar-refractivity contribution in [1.82, 2.24) is 5.16 Å². The van der Waals surface area contributed by atoms with Gasteiger partial charge in [0.2, 0.25) is 5.88 Å². The minimum Gasteiger partial charge on any atom is -0.367 e. The van der Waals surface area contributed by atoms with E-state index in [2.05, 4.69) is 5.16 Å². The van der Waals surface area contributed by atoms with Crippen molar-refractivity contribution in [3.63, 3.8) is 0 Å². The lowest BCUT2D eigenvalue weighted by Crippen LogP contribution is -1.91. The predicted octanol–water partition coefficient (Wildman–Crippen LogP) is 5.10. The molecule has 0 amide bonds. The average molecular weight is 329 g/mol. The first-order chi connectivity index (χ1) is 9.58. The summed E-state index contributed by atoms with van der Waals surface area (Å²) in [6.07, 6.45) is 0. The maximum absolute atomic E-state index is 14.1. The maximum atomic E-state index is 14.1. The van der Waals surface area contributed by atoms with E-state index in [1.165, 1.54) is 23.5 Å². The van der Waals surface area contributed by atoms with Crippen LogP contribution < -0.4 is 5.73 Å². The van der Waals surface area contributed by atoms with Gasteiger partial charge in [0.25, 0.3) is 0 Å². The Labute approximate surface area is 127 Å². The largest absolute Gasteiger partial charge is 0.367 e. The fraction of sp³-hybridized carbons (Fsp3) is 0. The van der Waals surface area contributed by atoms with Crippen molar-refractivity contribution in [2.75, 3.05) is 5.73 Å². The molecule has 0 aliphatic rings. The molecule has 0 saturated heterocycles. The van der Waals surface area contributed by atoms with Crippen molar-refractivity contribution in [2.24, 2.45) is 0 Å². The van der Waals surface area contributed by atoms with Crippen molar-refractivity contribution in [3.8, 4) is 21.7 Å². The molecular formula is C13H7Cl2FN2OS. The minimum atomic E-state index is -0.490. The number of halogens is 3. The van der Waals surface area contributed by atoms with Crippen molar-refractivity contribution in [1.29, 1.82) is 0 Å². The molecule has 3 nitrogen and oxygen atoms in total. The molecule has 0 aliphatic carbocycles. The first-order valence-electron chi connectivity index (χ1n) is 5.53. The molecule has 2 N–H and O–H groups in total. The van der Waals surface area contributed by atoms with E-state index < -0.39 is 5.82 Å². The maximum Gasteiger partial charge on any atom is 0.230 e. The van der Waals surface area contributed by atoms with Gasteiger partial charge in [-0.05, 0) is 24.3 Å². The number of rotatable bonds is 2. The molecule has 1 aromatic carbocycles. The number of nitrogens with two attached hydrogens (primary N) is 1. The number of nitrogen functional groups attached to an aromatic ring is 1. The first kappa shape index (κ1) is 13.4.